The quantitative estimate of drug-likeness (QED) is 0.872. The largest absolute Gasteiger partial charge is 0.326 e. The molecule has 1 aromatic rings. The van der Waals surface area contributed by atoms with E-state index in [4.69, 9.17) is 17.3 Å². The summed E-state index contributed by atoms with van der Waals surface area (Å²) in [7, 11) is -3.58. The van der Waals surface area contributed by atoms with Crippen molar-refractivity contribution in [1.29, 1.82) is 0 Å². The number of rotatable bonds is 5. The predicted molar refractivity (Wildman–Crippen MR) is 85.7 cm³/mol. The molecule has 1 aromatic carbocycles. The molecule has 0 heterocycles. The number of halogens is 1. The fraction of sp³-hybridized carbons (Fsp3) is 0.600. The Balaban J connectivity index is 2.08. The average Bonchev–Trinajstić information content (AvgIpc) is 2.46. The van der Waals surface area contributed by atoms with Crippen LogP contribution in [0.5, 0.6) is 0 Å². The van der Waals surface area contributed by atoms with Crippen molar-refractivity contribution in [3.63, 3.8) is 0 Å². The maximum atomic E-state index is 12.4. The van der Waals surface area contributed by atoms with Crippen LogP contribution in [0.15, 0.2) is 23.1 Å². The Morgan fingerprint density at radius 2 is 2.14 bits per heavy atom. The minimum atomic E-state index is -3.58. The lowest BCUT2D eigenvalue weighted by molar-refractivity contribution is 0.283. The van der Waals surface area contributed by atoms with Crippen LogP contribution in [0.2, 0.25) is 5.02 Å². The van der Waals surface area contributed by atoms with E-state index < -0.39 is 10.0 Å². The van der Waals surface area contributed by atoms with E-state index in [1.807, 2.05) is 0 Å². The molecule has 0 amide bonds. The third-order valence-electron chi connectivity index (χ3n) is 4.13. The Kier molecular flexibility index (Phi) is 5.66. The van der Waals surface area contributed by atoms with E-state index in [0.717, 1.165) is 18.4 Å². The van der Waals surface area contributed by atoms with Crippen LogP contribution in [0.25, 0.3) is 0 Å². The first-order valence-electron chi connectivity index (χ1n) is 7.40. The number of hydrogen-bond donors (Lipinski definition) is 2. The van der Waals surface area contributed by atoms with Gasteiger partial charge < -0.3 is 5.73 Å². The number of hydrogen-bond acceptors (Lipinski definition) is 3. The molecule has 6 heteroatoms. The number of nitrogens with two attached hydrogens (primary N) is 1. The van der Waals surface area contributed by atoms with E-state index in [-0.39, 0.29) is 9.92 Å². The van der Waals surface area contributed by atoms with Gasteiger partial charge in [-0.2, -0.15) is 0 Å². The van der Waals surface area contributed by atoms with Gasteiger partial charge in [0.25, 0.3) is 0 Å². The Labute approximate surface area is 132 Å². The Hall–Kier alpha value is -0.620. The van der Waals surface area contributed by atoms with Gasteiger partial charge >= 0.3 is 0 Å². The molecule has 4 nitrogen and oxygen atoms in total. The molecule has 0 bridgehead atoms. The second-order valence-electron chi connectivity index (χ2n) is 5.96. The highest BCUT2D eigenvalue weighted by molar-refractivity contribution is 7.89. The summed E-state index contributed by atoms with van der Waals surface area (Å²) in [5.41, 5.74) is 6.32. The van der Waals surface area contributed by atoms with Gasteiger partial charge in [-0.05, 0) is 42.4 Å². The van der Waals surface area contributed by atoms with Gasteiger partial charge in [-0.3, -0.25) is 0 Å². The molecule has 2 atom stereocenters. The van der Waals surface area contributed by atoms with E-state index in [9.17, 15) is 8.42 Å². The normalized spacial score (nSPS) is 23.2. The molecule has 0 spiro atoms. The smallest absolute Gasteiger partial charge is 0.242 e. The maximum Gasteiger partial charge on any atom is 0.242 e. The molecule has 0 aliphatic heterocycles. The fourth-order valence-electron chi connectivity index (χ4n) is 2.93. The van der Waals surface area contributed by atoms with Crippen molar-refractivity contribution in [2.24, 2.45) is 17.6 Å². The summed E-state index contributed by atoms with van der Waals surface area (Å²) in [4.78, 5) is 0.121. The van der Waals surface area contributed by atoms with Gasteiger partial charge in [0.15, 0.2) is 0 Å². The second-order valence-corrected chi connectivity index (χ2v) is 8.10. The predicted octanol–water partition coefficient (Wildman–Crippen LogP) is 2.90. The van der Waals surface area contributed by atoms with Crippen molar-refractivity contribution in [2.75, 3.05) is 6.54 Å². The molecule has 1 aliphatic carbocycles. The number of nitrogens with one attached hydrogen (secondary N) is 1. The van der Waals surface area contributed by atoms with Crippen LogP contribution in [-0.4, -0.2) is 15.0 Å². The molecule has 3 N–H and O–H groups in total. The lowest BCUT2D eigenvalue weighted by atomic mass is 9.83. The third-order valence-corrected chi connectivity index (χ3v) is 6.03. The van der Waals surface area contributed by atoms with Crippen LogP contribution >= 0.6 is 11.6 Å². The molecule has 2 rings (SSSR count). The molecule has 2 unspecified atom stereocenters. The lowest BCUT2D eigenvalue weighted by Gasteiger charge is -2.26. The zero-order valence-corrected chi connectivity index (χ0v) is 13.9. The van der Waals surface area contributed by atoms with Gasteiger partial charge in [0.2, 0.25) is 10.0 Å². The highest BCUT2D eigenvalue weighted by atomic mass is 35.5. The minimum Gasteiger partial charge on any atom is -0.326 e. The number of sulfonamides is 1. The summed E-state index contributed by atoms with van der Waals surface area (Å²) in [6, 6.07) is 4.87. The zero-order valence-electron chi connectivity index (χ0n) is 12.3. The van der Waals surface area contributed by atoms with Gasteiger partial charge in [0.1, 0.15) is 4.90 Å². The van der Waals surface area contributed by atoms with Crippen LogP contribution in [0.4, 0.5) is 0 Å². The molecular formula is C15H23ClN2O2S. The SMILES string of the molecule is CC1CCCC(CNS(=O)(=O)c2cc(CN)ccc2Cl)C1. The molecule has 21 heavy (non-hydrogen) atoms. The molecule has 0 radical (unpaired) electrons. The molecule has 118 valence electrons. The third kappa shape index (κ3) is 4.42. The van der Waals surface area contributed by atoms with Gasteiger partial charge in [-0.1, -0.05) is 37.4 Å². The van der Waals surface area contributed by atoms with Gasteiger partial charge in [0.05, 0.1) is 5.02 Å². The molecule has 0 aromatic heterocycles. The van der Waals surface area contributed by atoms with Crippen LogP contribution in [0.1, 0.15) is 38.2 Å². The highest BCUT2D eigenvalue weighted by Gasteiger charge is 2.23. The fourth-order valence-corrected chi connectivity index (χ4v) is 4.60. The molecule has 1 saturated carbocycles. The molecular weight excluding hydrogens is 308 g/mol. The van der Waals surface area contributed by atoms with E-state index in [2.05, 4.69) is 11.6 Å². The second kappa shape index (κ2) is 7.09. The summed E-state index contributed by atoms with van der Waals surface area (Å²) in [6.45, 7) is 3.00. The maximum absolute atomic E-state index is 12.4. The van der Waals surface area contributed by atoms with Crippen molar-refractivity contribution in [3.05, 3.63) is 28.8 Å². The van der Waals surface area contributed by atoms with Crippen LogP contribution in [-0.2, 0) is 16.6 Å². The van der Waals surface area contributed by atoms with Crippen molar-refractivity contribution < 1.29 is 8.42 Å². The van der Waals surface area contributed by atoms with E-state index in [1.165, 1.54) is 12.8 Å². The lowest BCUT2D eigenvalue weighted by Crippen LogP contribution is -2.31. The minimum absolute atomic E-state index is 0.121. The topological polar surface area (TPSA) is 72.2 Å². The zero-order chi connectivity index (χ0) is 15.5. The first kappa shape index (κ1) is 16.7. The van der Waals surface area contributed by atoms with Crippen molar-refractivity contribution in [2.45, 2.75) is 44.0 Å². The van der Waals surface area contributed by atoms with Crippen molar-refractivity contribution in [1.82, 2.24) is 4.72 Å². The Bertz CT molecular complexity index is 589. The van der Waals surface area contributed by atoms with Crippen LogP contribution in [0, 0.1) is 11.8 Å². The van der Waals surface area contributed by atoms with E-state index in [0.29, 0.717) is 24.9 Å². The van der Waals surface area contributed by atoms with Crippen molar-refractivity contribution in [3.8, 4) is 0 Å². The van der Waals surface area contributed by atoms with Crippen LogP contribution < -0.4 is 10.5 Å². The van der Waals surface area contributed by atoms with E-state index >= 15 is 0 Å². The van der Waals surface area contributed by atoms with Gasteiger partial charge in [-0.25, -0.2) is 13.1 Å². The Morgan fingerprint density at radius 1 is 1.38 bits per heavy atom. The monoisotopic (exact) mass is 330 g/mol. The average molecular weight is 331 g/mol. The summed E-state index contributed by atoms with van der Waals surface area (Å²) in [5.74, 6) is 1.09. The first-order chi connectivity index (χ1) is 9.92. The molecule has 1 fully saturated rings. The Morgan fingerprint density at radius 3 is 2.81 bits per heavy atom. The summed E-state index contributed by atoms with van der Waals surface area (Å²) in [6.07, 6.45) is 4.59. The first-order valence-corrected chi connectivity index (χ1v) is 9.26. The summed E-state index contributed by atoms with van der Waals surface area (Å²) >= 11 is 6.02. The molecule has 0 saturated heterocycles. The van der Waals surface area contributed by atoms with Gasteiger partial charge in [0, 0.05) is 13.1 Å². The standard InChI is InChI=1S/C15H23ClN2O2S/c1-11-3-2-4-13(7-11)10-18-21(19,20)15-8-12(9-17)5-6-14(15)16/h5-6,8,11,13,18H,2-4,7,9-10,17H2,1H3. The van der Waals surface area contributed by atoms with Crippen molar-refractivity contribution >= 4 is 21.6 Å². The van der Waals surface area contributed by atoms with Gasteiger partial charge in [-0.15, -0.1) is 0 Å². The number of benzene rings is 1. The molecule has 1 aliphatic rings. The van der Waals surface area contributed by atoms with Crippen LogP contribution in [0.3, 0.4) is 0 Å². The van der Waals surface area contributed by atoms with E-state index in [1.54, 1.807) is 18.2 Å². The highest BCUT2D eigenvalue weighted by Crippen LogP contribution is 2.29. The summed E-state index contributed by atoms with van der Waals surface area (Å²) < 4.78 is 27.5. The summed E-state index contributed by atoms with van der Waals surface area (Å²) in [5, 5.41) is 0.233.